The number of nitrogens with two attached hydrogens (primary N) is 1. The van der Waals surface area contributed by atoms with Crippen LogP contribution in [0.25, 0.3) is 0 Å². The van der Waals surface area contributed by atoms with Crippen LogP contribution in [0.15, 0.2) is 10.4 Å². The molecule has 1 saturated heterocycles. The molecule has 0 radical (unpaired) electrons. The number of piperidine rings is 1. The monoisotopic (exact) mass is 339 g/mol. The van der Waals surface area contributed by atoms with Gasteiger partial charge < -0.3 is 15.8 Å². The summed E-state index contributed by atoms with van der Waals surface area (Å²) < 4.78 is 5.08. The fourth-order valence-electron chi connectivity index (χ4n) is 2.85. The van der Waals surface area contributed by atoms with Crippen molar-refractivity contribution in [3.8, 4) is 0 Å². The molecule has 0 aromatic carbocycles. The van der Waals surface area contributed by atoms with E-state index in [0.717, 1.165) is 31.2 Å². The van der Waals surface area contributed by atoms with Gasteiger partial charge in [-0.1, -0.05) is 0 Å². The first kappa shape index (κ1) is 18.2. The van der Waals surface area contributed by atoms with Gasteiger partial charge in [-0.15, -0.1) is 11.3 Å². The molecule has 1 aliphatic rings. The lowest BCUT2D eigenvalue weighted by molar-refractivity contribution is 0.177. The molecule has 0 saturated carbocycles. The van der Waals surface area contributed by atoms with Crippen LogP contribution in [0, 0.1) is 12.8 Å². The number of guanidine groups is 1. The lowest BCUT2D eigenvalue weighted by atomic mass is 9.97. The highest BCUT2D eigenvalue weighted by Crippen LogP contribution is 2.20. The fraction of sp³-hybridized carbons (Fsp3) is 0.750. The van der Waals surface area contributed by atoms with Gasteiger partial charge in [-0.05, 0) is 45.7 Å². The number of thiazole rings is 1. The third-order valence-corrected chi connectivity index (χ3v) is 4.91. The Labute approximate surface area is 143 Å². The number of nitrogens with zero attached hydrogens (tertiary/aromatic N) is 3. The molecule has 1 unspecified atom stereocenters. The van der Waals surface area contributed by atoms with Crippen LogP contribution in [0.3, 0.4) is 0 Å². The second-order valence-corrected chi connectivity index (χ2v) is 7.37. The number of ether oxygens (including phenoxy) is 1. The first-order valence-electron chi connectivity index (χ1n) is 8.25. The molecule has 0 bridgehead atoms. The summed E-state index contributed by atoms with van der Waals surface area (Å²) in [6.45, 7) is 8.73. The van der Waals surface area contributed by atoms with Gasteiger partial charge in [-0.2, -0.15) is 0 Å². The van der Waals surface area contributed by atoms with Crippen molar-refractivity contribution in [1.82, 2.24) is 15.2 Å². The van der Waals surface area contributed by atoms with E-state index in [4.69, 9.17) is 10.5 Å². The quantitative estimate of drug-likeness (QED) is 0.583. The number of likely N-dealkylation sites (tertiary alicyclic amines) is 1. The lowest BCUT2D eigenvalue weighted by Gasteiger charge is -2.30. The number of aliphatic imine (C=N–C) groups is 1. The molecule has 0 amide bonds. The van der Waals surface area contributed by atoms with Crippen molar-refractivity contribution in [2.45, 2.75) is 39.3 Å². The van der Waals surface area contributed by atoms with Crippen molar-refractivity contribution in [3.05, 3.63) is 16.1 Å². The highest BCUT2D eigenvalue weighted by Gasteiger charge is 2.19. The fourth-order valence-corrected chi connectivity index (χ4v) is 3.46. The van der Waals surface area contributed by atoms with E-state index in [0.29, 0.717) is 18.5 Å². The maximum Gasteiger partial charge on any atom is 0.188 e. The Kier molecular flexibility index (Phi) is 7.26. The van der Waals surface area contributed by atoms with Crippen LogP contribution in [0.1, 0.15) is 30.5 Å². The van der Waals surface area contributed by atoms with Gasteiger partial charge in [0.1, 0.15) is 0 Å². The molecule has 1 atom stereocenters. The Hall–Kier alpha value is -1.18. The van der Waals surface area contributed by atoms with Crippen LogP contribution >= 0.6 is 11.3 Å². The van der Waals surface area contributed by atoms with Crippen LogP contribution in [0.5, 0.6) is 0 Å². The number of methoxy groups -OCH3 is 1. The summed E-state index contributed by atoms with van der Waals surface area (Å²) in [7, 11) is 1.69. The second-order valence-electron chi connectivity index (χ2n) is 6.30. The Morgan fingerprint density at radius 3 is 2.91 bits per heavy atom. The van der Waals surface area contributed by atoms with Crippen molar-refractivity contribution >= 4 is 17.3 Å². The predicted molar refractivity (Wildman–Crippen MR) is 95.8 cm³/mol. The van der Waals surface area contributed by atoms with Crippen LogP contribution < -0.4 is 11.1 Å². The highest BCUT2D eigenvalue weighted by atomic mass is 32.1. The summed E-state index contributed by atoms with van der Waals surface area (Å²) in [5, 5.41) is 6.46. The topological polar surface area (TPSA) is 75.8 Å². The van der Waals surface area contributed by atoms with E-state index in [1.54, 1.807) is 18.4 Å². The SMILES string of the molecule is COCC(C)NC(N)=NCC1CCN(Cc2csc(C)n2)CC1. The molecular formula is C16H29N5OS. The van der Waals surface area contributed by atoms with Gasteiger partial charge >= 0.3 is 0 Å². The zero-order chi connectivity index (χ0) is 16.7. The van der Waals surface area contributed by atoms with E-state index in [1.165, 1.54) is 18.5 Å². The van der Waals surface area contributed by atoms with Gasteiger partial charge in [0, 0.05) is 31.6 Å². The highest BCUT2D eigenvalue weighted by molar-refractivity contribution is 7.09. The van der Waals surface area contributed by atoms with Gasteiger partial charge in [-0.25, -0.2) is 4.98 Å². The summed E-state index contributed by atoms with van der Waals surface area (Å²) in [4.78, 5) is 11.5. The van der Waals surface area contributed by atoms with Crippen molar-refractivity contribution in [2.24, 2.45) is 16.6 Å². The maximum atomic E-state index is 5.92. The Morgan fingerprint density at radius 1 is 1.57 bits per heavy atom. The number of aryl methyl sites for hydroxylation is 1. The number of rotatable bonds is 7. The molecule has 1 aliphatic heterocycles. The van der Waals surface area contributed by atoms with Crippen molar-refractivity contribution < 1.29 is 4.74 Å². The number of hydrogen-bond acceptors (Lipinski definition) is 5. The lowest BCUT2D eigenvalue weighted by Crippen LogP contribution is -2.41. The molecule has 1 aromatic heterocycles. The van der Waals surface area contributed by atoms with E-state index < -0.39 is 0 Å². The summed E-state index contributed by atoms with van der Waals surface area (Å²) in [6.07, 6.45) is 2.35. The molecule has 23 heavy (non-hydrogen) atoms. The Bertz CT molecular complexity index is 496. The maximum absolute atomic E-state index is 5.92. The van der Waals surface area contributed by atoms with E-state index in [2.05, 4.69) is 32.5 Å². The largest absolute Gasteiger partial charge is 0.383 e. The summed E-state index contributed by atoms with van der Waals surface area (Å²) in [6, 6.07) is 0.187. The van der Waals surface area contributed by atoms with E-state index in [9.17, 15) is 0 Å². The third-order valence-electron chi connectivity index (χ3n) is 4.09. The zero-order valence-corrected chi connectivity index (χ0v) is 15.2. The average molecular weight is 340 g/mol. The van der Waals surface area contributed by atoms with Crippen LogP contribution in [0.4, 0.5) is 0 Å². The first-order valence-corrected chi connectivity index (χ1v) is 9.13. The number of aromatic nitrogens is 1. The van der Waals surface area contributed by atoms with Gasteiger partial charge in [-0.3, -0.25) is 9.89 Å². The van der Waals surface area contributed by atoms with Crippen molar-refractivity contribution in [2.75, 3.05) is 33.4 Å². The summed E-state index contributed by atoms with van der Waals surface area (Å²) >= 11 is 1.73. The minimum absolute atomic E-state index is 0.187. The number of hydrogen-bond donors (Lipinski definition) is 2. The van der Waals surface area contributed by atoms with E-state index >= 15 is 0 Å². The minimum Gasteiger partial charge on any atom is -0.383 e. The van der Waals surface area contributed by atoms with Gasteiger partial charge in [0.25, 0.3) is 0 Å². The van der Waals surface area contributed by atoms with E-state index in [1.807, 2.05) is 6.92 Å². The molecule has 1 fully saturated rings. The third kappa shape index (κ3) is 6.45. The van der Waals surface area contributed by atoms with E-state index in [-0.39, 0.29) is 6.04 Å². The Morgan fingerprint density at radius 2 is 2.30 bits per heavy atom. The van der Waals surface area contributed by atoms with Crippen molar-refractivity contribution in [1.29, 1.82) is 0 Å². The molecule has 0 aliphatic carbocycles. The molecule has 6 nitrogen and oxygen atoms in total. The Balaban J connectivity index is 1.68. The second kappa shape index (κ2) is 9.20. The van der Waals surface area contributed by atoms with Gasteiger partial charge in [0.15, 0.2) is 5.96 Å². The van der Waals surface area contributed by atoms with Crippen LogP contribution in [0.2, 0.25) is 0 Å². The molecule has 130 valence electrons. The molecule has 2 heterocycles. The average Bonchev–Trinajstić information content (AvgIpc) is 2.92. The first-order chi connectivity index (χ1) is 11.1. The molecule has 3 N–H and O–H groups in total. The normalized spacial score (nSPS) is 19.0. The predicted octanol–water partition coefficient (Wildman–Crippen LogP) is 1.60. The zero-order valence-electron chi connectivity index (χ0n) is 14.4. The molecule has 0 spiro atoms. The van der Waals surface area contributed by atoms with Crippen LogP contribution in [-0.2, 0) is 11.3 Å². The van der Waals surface area contributed by atoms with Gasteiger partial charge in [0.2, 0.25) is 0 Å². The van der Waals surface area contributed by atoms with Crippen molar-refractivity contribution in [3.63, 3.8) is 0 Å². The van der Waals surface area contributed by atoms with Gasteiger partial charge in [0.05, 0.1) is 17.3 Å². The smallest absolute Gasteiger partial charge is 0.188 e. The summed E-state index contributed by atoms with van der Waals surface area (Å²) in [5.41, 5.74) is 7.12. The standard InChI is InChI=1S/C16H29N5OS/c1-12(10-22-3)19-16(17)18-8-14-4-6-21(7-5-14)9-15-11-23-13(2)20-15/h11-12,14H,4-10H2,1-3H3,(H3,17,18,19). The summed E-state index contributed by atoms with van der Waals surface area (Å²) in [5.74, 6) is 1.15. The molecule has 1 aromatic rings. The molecule has 7 heteroatoms. The molecule has 2 rings (SSSR count). The number of nitrogens with one attached hydrogen (secondary N) is 1. The molecular weight excluding hydrogens is 310 g/mol. The minimum atomic E-state index is 0.187. The van der Waals surface area contributed by atoms with Crippen LogP contribution in [-0.4, -0.2) is 55.2 Å².